The lowest BCUT2D eigenvalue weighted by atomic mass is 9.98. The number of nitrogens with one attached hydrogen (secondary N) is 2. The number of hydrogen-bond donors (Lipinski definition) is 2. The Bertz CT molecular complexity index is 894. The molecule has 0 spiro atoms. The standard InChI is InChI=1S/C19H23FN2O3S/c1-12(2)17-7-5-6-13(3)18(17)21-19(23)14(4)22-26(24,25)16-10-8-15(20)9-11-16/h5-12,14,22H,1-4H3,(H,21,23)/t14-/m1/s1. The molecule has 2 rings (SSSR count). The van der Waals surface area contributed by atoms with Gasteiger partial charge in [-0.2, -0.15) is 4.72 Å². The second-order valence-electron chi connectivity index (χ2n) is 6.48. The fourth-order valence-corrected chi connectivity index (χ4v) is 3.74. The maximum Gasteiger partial charge on any atom is 0.242 e. The van der Waals surface area contributed by atoms with Crippen LogP contribution in [0.15, 0.2) is 47.4 Å². The van der Waals surface area contributed by atoms with Crippen molar-refractivity contribution in [2.24, 2.45) is 0 Å². The van der Waals surface area contributed by atoms with Crippen molar-refractivity contribution in [2.75, 3.05) is 5.32 Å². The molecule has 0 fully saturated rings. The number of aryl methyl sites for hydroxylation is 1. The van der Waals surface area contributed by atoms with E-state index in [9.17, 15) is 17.6 Å². The van der Waals surface area contributed by atoms with E-state index >= 15 is 0 Å². The summed E-state index contributed by atoms with van der Waals surface area (Å²) in [7, 11) is -3.93. The Hall–Kier alpha value is -2.25. The second kappa shape index (κ2) is 7.97. The fraction of sp³-hybridized carbons (Fsp3) is 0.316. The van der Waals surface area contributed by atoms with Gasteiger partial charge in [0.05, 0.1) is 10.9 Å². The van der Waals surface area contributed by atoms with Crippen molar-refractivity contribution < 1.29 is 17.6 Å². The van der Waals surface area contributed by atoms with Gasteiger partial charge in [0, 0.05) is 5.69 Å². The quantitative estimate of drug-likeness (QED) is 0.807. The van der Waals surface area contributed by atoms with Crippen molar-refractivity contribution >= 4 is 21.6 Å². The van der Waals surface area contributed by atoms with Gasteiger partial charge < -0.3 is 5.32 Å². The van der Waals surface area contributed by atoms with Gasteiger partial charge in [-0.3, -0.25) is 4.79 Å². The molecule has 0 aliphatic heterocycles. The van der Waals surface area contributed by atoms with Crippen LogP contribution in [0.1, 0.15) is 37.8 Å². The number of benzene rings is 2. The van der Waals surface area contributed by atoms with E-state index in [-0.39, 0.29) is 10.8 Å². The number of hydrogen-bond acceptors (Lipinski definition) is 3. The number of para-hydroxylation sites is 1. The molecule has 0 aromatic heterocycles. The van der Waals surface area contributed by atoms with Crippen LogP contribution in [0.3, 0.4) is 0 Å². The first kappa shape index (κ1) is 20.1. The number of halogens is 1. The van der Waals surface area contributed by atoms with E-state index in [1.807, 2.05) is 39.0 Å². The fourth-order valence-electron chi connectivity index (χ4n) is 2.54. The zero-order valence-corrected chi connectivity index (χ0v) is 16.0. The van der Waals surface area contributed by atoms with Crippen LogP contribution in [0.4, 0.5) is 10.1 Å². The molecule has 140 valence electrons. The van der Waals surface area contributed by atoms with Gasteiger partial charge in [-0.1, -0.05) is 32.0 Å². The van der Waals surface area contributed by atoms with Crippen molar-refractivity contribution in [1.82, 2.24) is 4.72 Å². The van der Waals surface area contributed by atoms with E-state index in [1.165, 1.54) is 6.92 Å². The van der Waals surface area contributed by atoms with Gasteiger partial charge in [-0.25, -0.2) is 12.8 Å². The summed E-state index contributed by atoms with van der Waals surface area (Å²) in [5, 5.41) is 2.82. The molecule has 7 heteroatoms. The molecule has 1 amide bonds. The minimum atomic E-state index is -3.93. The molecule has 2 N–H and O–H groups in total. The number of rotatable bonds is 6. The normalized spacial score (nSPS) is 12.8. The lowest BCUT2D eigenvalue weighted by Gasteiger charge is -2.19. The number of carbonyl (C=O) groups is 1. The number of carbonyl (C=O) groups excluding carboxylic acids is 1. The number of sulfonamides is 1. The third kappa shape index (κ3) is 4.68. The van der Waals surface area contributed by atoms with Crippen LogP contribution < -0.4 is 10.0 Å². The van der Waals surface area contributed by atoms with Crippen LogP contribution in [-0.4, -0.2) is 20.4 Å². The van der Waals surface area contributed by atoms with Gasteiger partial charge >= 0.3 is 0 Å². The van der Waals surface area contributed by atoms with Crippen LogP contribution in [0, 0.1) is 12.7 Å². The first-order valence-corrected chi connectivity index (χ1v) is 9.78. The summed E-state index contributed by atoms with van der Waals surface area (Å²) in [5.74, 6) is -0.793. The van der Waals surface area contributed by atoms with Crippen LogP contribution >= 0.6 is 0 Å². The molecule has 0 saturated carbocycles. The monoisotopic (exact) mass is 378 g/mol. The van der Waals surface area contributed by atoms with E-state index in [1.54, 1.807) is 0 Å². The first-order valence-electron chi connectivity index (χ1n) is 8.30. The molecule has 0 bridgehead atoms. The predicted molar refractivity (Wildman–Crippen MR) is 100 cm³/mol. The van der Waals surface area contributed by atoms with E-state index < -0.39 is 27.8 Å². The Morgan fingerprint density at radius 3 is 2.23 bits per heavy atom. The molecule has 0 aliphatic rings. The number of amides is 1. The minimum Gasteiger partial charge on any atom is -0.324 e. The van der Waals surface area contributed by atoms with Gasteiger partial charge in [0.1, 0.15) is 5.82 Å². The smallest absolute Gasteiger partial charge is 0.242 e. The highest BCUT2D eigenvalue weighted by molar-refractivity contribution is 7.89. The zero-order valence-electron chi connectivity index (χ0n) is 15.2. The van der Waals surface area contributed by atoms with Gasteiger partial charge in [0.2, 0.25) is 15.9 Å². The van der Waals surface area contributed by atoms with Crippen LogP contribution in [0.25, 0.3) is 0 Å². The molecule has 0 heterocycles. The van der Waals surface area contributed by atoms with Crippen LogP contribution in [0.2, 0.25) is 0 Å². The van der Waals surface area contributed by atoms with E-state index in [0.717, 1.165) is 35.4 Å². The summed E-state index contributed by atoms with van der Waals surface area (Å²) in [6, 6.07) is 9.16. The van der Waals surface area contributed by atoms with Gasteiger partial charge in [0.15, 0.2) is 0 Å². The van der Waals surface area contributed by atoms with Crippen molar-refractivity contribution in [1.29, 1.82) is 0 Å². The van der Waals surface area contributed by atoms with Crippen molar-refractivity contribution in [3.63, 3.8) is 0 Å². The molecule has 0 saturated heterocycles. The second-order valence-corrected chi connectivity index (χ2v) is 8.19. The Balaban J connectivity index is 2.17. The highest BCUT2D eigenvalue weighted by Gasteiger charge is 2.23. The molecule has 2 aromatic rings. The third-order valence-electron chi connectivity index (χ3n) is 4.02. The van der Waals surface area contributed by atoms with E-state index in [0.29, 0.717) is 5.69 Å². The minimum absolute atomic E-state index is 0.0997. The molecule has 1 atom stereocenters. The lowest BCUT2D eigenvalue weighted by molar-refractivity contribution is -0.117. The molecular formula is C19H23FN2O3S. The topological polar surface area (TPSA) is 75.3 Å². The zero-order chi connectivity index (χ0) is 19.5. The average Bonchev–Trinajstić information content (AvgIpc) is 2.56. The van der Waals surface area contributed by atoms with Crippen LogP contribution in [-0.2, 0) is 14.8 Å². The first-order chi connectivity index (χ1) is 12.1. The average molecular weight is 378 g/mol. The highest BCUT2D eigenvalue weighted by atomic mass is 32.2. The molecule has 5 nitrogen and oxygen atoms in total. The van der Waals surface area contributed by atoms with Gasteiger partial charge in [-0.15, -0.1) is 0 Å². The summed E-state index contributed by atoms with van der Waals surface area (Å²) in [6.45, 7) is 7.38. The molecule has 26 heavy (non-hydrogen) atoms. The Morgan fingerprint density at radius 2 is 1.65 bits per heavy atom. The lowest BCUT2D eigenvalue weighted by Crippen LogP contribution is -2.41. The summed E-state index contributed by atoms with van der Waals surface area (Å²) in [5.41, 5.74) is 2.57. The van der Waals surface area contributed by atoms with Crippen molar-refractivity contribution in [2.45, 2.75) is 44.6 Å². The Kier molecular flexibility index (Phi) is 6.15. The summed E-state index contributed by atoms with van der Waals surface area (Å²) < 4.78 is 40.0. The molecule has 0 aliphatic carbocycles. The van der Waals surface area contributed by atoms with E-state index in [4.69, 9.17) is 0 Å². The highest BCUT2D eigenvalue weighted by Crippen LogP contribution is 2.27. The largest absolute Gasteiger partial charge is 0.324 e. The summed E-state index contributed by atoms with van der Waals surface area (Å²) in [4.78, 5) is 12.4. The molecule has 2 aromatic carbocycles. The maximum atomic E-state index is 13.0. The van der Waals surface area contributed by atoms with E-state index in [2.05, 4.69) is 10.0 Å². The summed E-state index contributed by atoms with van der Waals surface area (Å²) >= 11 is 0. The Labute approximate surface area is 153 Å². The molecule has 0 radical (unpaired) electrons. The van der Waals surface area contributed by atoms with Crippen LogP contribution in [0.5, 0.6) is 0 Å². The number of anilines is 1. The van der Waals surface area contributed by atoms with Crippen molar-refractivity contribution in [3.8, 4) is 0 Å². The third-order valence-corrected chi connectivity index (χ3v) is 5.58. The molecule has 0 unspecified atom stereocenters. The summed E-state index contributed by atoms with van der Waals surface area (Å²) in [6.07, 6.45) is 0. The SMILES string of the molecule is Cc1cccc(C(C)C)c1NC(=O)[C@@H](C)NS(=O)(=O)c1ccc(F)cc1. The maximum absolute atomic E-state index is 13.0. The predicted octanol–water partition coefficient (Wildman–Crippen LogP) is 3.56. The molecular weight excluding hydrogens is 355 g/mol. The van der Waals surface area contributed by atoms with Gasteiger partial charge in [-0.05, 0) is 55.2 Å². The Morgan fingerprint density at radius 1 is 1.04 bits per heavy atom. The van der Waals surface area contributed by atoms with Crippen molar-refractivity contribution in [3.05, 3.63) is 59.4 Å². The van der Waals surface area contributed by atoms with Gasteiger partial charge in [0.25, 0.3) is 0 Å².